The molecule has 0 aliphatic heterocycles. The third-order valence-corrected chi connectivity index (χ3v) is 4.79. The molecule has 0 bridgehead atoms. The third kappa shape index (κ3) is 6.84. The molecule has 7 heteroatoms. The topological polar surface area (TPSA) is 105 Å². The molecular weight excluding hydrogens is 346 g/mol. The predicted molar refractivity (Wildman–Crippen MR) is 102 cm³/mol. The average molecular weight is 373 g/mol. The average Bonchev–Trinajstić information content (AvgIpc) is 2.69. The Labute approximate surface area is 159 Å². The number of ether oxygens (including phenoxy) is 2. The van der Waals surface area contributed by atoms with Crippen molar-refractivity contribution in [1.82, 2.24) is 9.97 Å². The number of nitrogens with one attached hydrogen (secondary N) is 1. The molecule has 0 aromatic carbocycles. The van der Waals surface area contributed by atoms with Crippen LogP contribution >= 0.6 is 0 Å². The van der Waals surface area contributed by atoms with Crippen LogP contribution in [-0.4, -0.2) is 40.7 Å². The van der Waals surface area contributed by atoms with E-state index in [1.54, 1.807) is 31.7 Å². The first-order valence-corrected chi connectivity index (χ1v) is 9.14. The minimum atomic E-state index is -0.868. The van der Waals surface area contributed by atoms with Crippen LogP contribution in [0.5, 0.6) is 5.88 Å². The number of hydrogen-bond donors (Lipinski definition) is 2. The number of carboxylic acid groups (broad SMARTS) is 1. The van der Waals surface area contributed by atoms with Crippen molar-refractivity contribution in [3.63, 3.8) is 0 Å². The summed E-state index contributed by atoms with van der Waals surface area (Å²) in [5, 5.41) is 16.7. The molecule has 1 heterocycles. The zero-order chi connectivity index (χ0) is 19.6. The highest BCUT2D eigenvalue weighted by Crippen LogP contribution is 2.35. The van der Waals surface area contributed by atoms with E-state index in [0.29, 0.717) is 36.3 Å². The first-order valence-electron chi connectivity index (χ1n) is 9.14. The summed E-state index contributed by atoms with van der Waals surface area (Å²) >= 11 is 0. The first kappa shape index (κ1) is 20.6. The normalized spacial score (nSPS) is 20.0. The van der Waals surface area contributed by atoms with Gasteiger partial charge in [-0.05, 0) is 43.6 Å². The summed E-state index contributed by atoms with van der Waals surface area (Å²) in [6.07, 6.45) is 10.9. The lowest BCUT2D eigenvalue weighted by Crippen LogP contribution is -2.20. The van der Waals surface area contributed by atoms with E-state index in [2.05, 4.69) is 16.5 Å². The van der Waals surface area contributed by atoms with Crippen molar-refractivity contribution in [3.05, 3.63) is 42.4 Å². The molecule has 1 aliphatic rings. The van der Waals surface area contributed by atoms with E-state index in [9.17, 15) is 4.79 Å². The van der Waals surface area contributed by atoms with Gasteiger partial charge < -0.3 is 14.6 Å². The molecule has 0 amide bonds. The van der Waals surface area contributed by atoms with Crippen LogP contribution in [0.4, 0.5) is 0 Å². The van der Waals surface area contributed by atoms with Gasteiger partial charge >= 0.3 is 5.97 Å². The molecule has 0 atom stereocenters. The molecule has 0 spiro atoms. The number of aliphatic carboxylic acids is 1. The molecule has 2 N–H and O–H groups in total. The predicted octanol–water partition coefficient (Wildman–Crippen LogP) is 3.73. The molecule has 0 unspecified atom stereocenters. The van der Waals surface area contributed by atoms with Crippen molar-refractivity contribution >= 4 is 11.9 Å². The molecule has 27 heavy (non-hydrogen) atoms. The van der Waals surface area contributed by atoms with Gasteiger partial charge in [0, 0.05) is 24.6 Å². The van der Waals surface area contributed by atoms with E-state index >= 15 is 0 Å². The monoisotopic (exact) mass is 373 g/mol. The number of allylic oxidation sites excluding steroid dienone is 2. The summed E-state index contributed by atoms with van der Waals surface area (Å²) in [6.45, 7) is 4.15. The van der Waals surface area contributed by atoms with Crippen molar-refractivity contribution in [2.45, 2.75) is 44.4 Å². The third-order valence-electron chi connectivity index (χ3n) is 4.79. The van der Waals surface area contributed by atoms with E-state index in [-0.39, 0.29) is 12.3 Å². The lowest BCUT2D eigenvalue weighted by molar-refractivity contribution is -0.136. The maximum absolute atomic E-state index is 10.6. The smallest absolute Gasteiger partial charge is 0.303 e. The number of hydrogen-bond acceptors (Lipinski definition) is 6. The largest absolute Gasteiger partial charge is 0.481 e. The SMILES string of the molecule is C=C/C(=C\C(=N)OCC1CCC(c2cncc(OC)n2)CC1)CCC(=O)O. The Kier molecular flexibility index (Phi) is 7.98. The fourth-order valence-corrected chi connectivity index (χ4v) is 3.18. The highest BCUT2D eigenvalue weighted by Gasteiger charge is 2.24. The van der Waals surface area contributed by atoms with Crippen molar-refractivity contribution in [1.29, 1.82) is 5.41 Å². The van der Waals surface area contributed by atoms with E-state index in [0.717, 1.165) is 31.4 Å². The van der Waals surface area contributed by atoms with E-state index in [1.807, 2.05) is 0 Å². The molecule has 1 aromatic rings. The van der Waals surface area contributed by atoms with Gasteiger partial charge in [-0.3, -0.25) is 15.2 Å². The Bertz CT molecular complexity index is 694. The molecule has 1 aliphatic carbocycles. The summed E-state index contributed by atoms with van der Waals surface area (Å²) in [5.74, 6) is 0.509. The standard InChI is InChI=1S/C20H27N3O4/c1-3-14(6-9-20(24)25)10-18(21)27-13-15-4-7-16(8-5-15)17-11-22-12-19(23-17)26-2/h3,10-12,15-16,21H,1,4-9,13H2,2H3,(H,24,25)/b14-10+,21-18?. The minimum absolute atomic E-state index is 0.0162. The summed E-state index contributed by atoms with van der Waals surface area (Å²) < 4.78 is 10.7. The van der Waals surface area contributed by atoms with Crippen LogP contribution in [0.1, 0.15) is 50.1 Å². The molecule has 0 radical (unpaired) electrons. The second-order valence-electron chi connectivity index (χ2n) is 6.70. The number of carbonyl (C=O) groups is 1. The van der Waals surface area contributed by atoms with Crippen molar-refractivity contribution in [3.8, 4) is 5.88 Å². The Morgan fingerprint density at radius 2 is 2.07 bits per heavy atom. The molecule has 146 valence electrons. The Hall–Kier alpha value is -2.70. The molecule has 7 nitrogen and oxygen atoms in total. The number of methoxy groups -OCH3 is 1. The molecule has 0 saturated heterocycles. The molecule has 1 fully saturated rings. The van der Waals surface area contributed by atoms with Crippen LogP contribution in [0.2, 0.25) is 0 Å². The van der Waals surface area contributed by atoms with Crippen molar-refractivity contribution in [2.24, 2.45) is 5.92 Å². The summed E-state index contributed by atoms with van der Waals surface area (Å²) in [6, 6.07) is 0. The zero-order valence-corrected chi connectivity index (χ0v) is 15.7. The van der Waals surface area contributed by atoms with E-state index in [4.69, 9.17) is 20.0 Å². The van der Waals surface area contributed by atoms with Crippen LogP contribution in [0.25, 0.3) is 0 Å². The Balaban J connectivity index is 1.77. The van der Waals surface area contributed by atoms with E-state index < -0.39 is 5.97 Å². The number of nitrogens with zero attached hydrogens (tertiary/aromatic N) is 2. The lowest BCUT2D eigenvalue weighted by Gasteiger charge is -2.27. The quantitative estimate of drug-likeness (QED) is 0.388. The Morgan fingerprint density at radius 3 is 2.70 bits per heavy atom. The van der Waals surface area contributed by atoms with E-state index in [1.165, 1.54) is 0 Å². The van der Waals surface area contributed by atoms with Gasteiger partial charge in [-0.15, -0.1) is 0 Å². The van der Waals surface area contributed by atoms with Gasteiger partial charge in [0.05, 0.1) is 25.6 Å². The van der Waals surface area contributed by atoms with Gasteiger partial charge in [-0.1, -0.05) is 12.7 Å². The fourth-order valence-electron chi connectivity index (χ4n) is 3.18. The molecular formula is C20H27N3O4. The van der Waals surface area contributed by atoms with Gasteiger partial charge in [0.25, 0.3) is 0 Å². The van der Waals surface area contributed by atoms with Gasteiger partial charge in [-0.25, -0.2) is 4.98 Å². The summed E-state index contributed by atoms with van der Waals surface area (Å²) in [5.41, 5.74) is 1.67. The van der Waals surface area contributed by atoms with Crippen LogP contribution in [0, 0.1) is 11.3 Å². The second kappa shape index (κ2) is 10.4. The maximum Gasteiger partial charge on any atom is 0.303 e. The second-order valence-corrected chi connectivity index (χ2v) is 6.70. The fraction of sp³-hybridized carbons (Fsp3) is 0.500. The van der Waals surface area contributed by atoms with Crippen molar-refractivity contribution < 1.29 is 19.4 Å². The molecule has 2 rings (SSSR count). The van der Waals surface area contributed by atoms with Gasteiger partial charge in [0.2, 0.25) is 11.8 Å². The first-order chi connectivity index (χ1) is 13.0. The highest BCUT2D eigenvalue weighted by molar-refractivity contribution is 5.86. The molecule has 1 saturated carbocycles. The van der Waals surface area contributed by atoms with Gasteiger partial charge in [0.15, 0.2) is 0 Å². The highest BCUT2D eigenvalue weighted by atomic mass is 16.5. The van der Waals surface area contributed by atoms with Crippen molar-refractivity contribution in [2.75, 3.05) is 13.7 Å². The van der Waals surface area contributed by atoms with Crippen LogP contribution in [-0.2, 0) is 9.53 Å². The van der Waals surface area contributed by atoms with Gasteiger partial charge in [-0.2, -0.15) is 0 Å². The number of carboxylic acids is 1. The summed E-state index contributed by atoms with van der Waals surface area (Å²) in [7, 11) is 1.59. The minimum Gasteiger partial charge on any atom is -0.481 e. The van der Waals surface area contributed by atoms with Crippen LogP contribution in [0.3, 0.4) is 0 Å². The maximum atomic E-state index is 10.6. The van der Waals surface area contributed by atoms with Gasteiger partial charge in [0.1, 0.15) is 0 Å². The zero-order valence-electron chi connectivity index (χ0n) is 15.7. The Morgan fingerprint density at radius 1 is 1.33 bits per heavy atom. The van der Waals surface area contributed by atoms with Crippen LogP contribution in [0.15, 0.2) is 36.7 Å². The lowest BCUT2D eigenvalue weighted by atomic mass is 9.81. The van der Waals surface area contributed by atoms with Crippen LogP contribution < -0.4 is 4.74 Å². The molecule has 1 aromatic heterocycles. The number of rotatable bonds is 9. The summed E-state index contributed by atoms with van der Waals surface area (Å²) in [4.78, 5) is 19.3. The number of aromatic nitrogens is 2.